The predicted molar refractivity (Wildman–Crippen MR) is 51.3 cm³/mol. The Balaban J connectivity index is 2.78. The van der Waals surface area contributed by atoms with Crippen LogP contribution in [0.3, 0.4) is 0 Å². The summed E-state index contributed by atoms with van der Waals surface area (Å²) in [4.78, 5) is 3.93. The van der Waals surface area contributed by atoms with E-state index in [1.807, 2.05) is 13.0 Å². The monoisotopic (exact) mass is 200 g/mol. The third kappa shape index (κ3) is 2.73. The quantitative estimate of drug-likeness (QED) is 0.809. The number of hydrogen-bond donors (Lipinski definition) is 1. The molecule has 2 N–H and O–H groups in total. The van der Waals surface area contributed by atoms with Crippen molar-refractivity contribution in [1.29, 1.82) is 0 Å². The first-order valence-corrected chi connectivity index (χ1v) is 4.39. The molecule has 0 aliphatic heterocycles. The highest BCUT2D eigenvalue weighted by Crippen LogP contribution is 2.18. The second-order valence-corrected chi connectivity index (χ2v) is 3.85. The van der Waals surface area contributed by atoms with Gasteiger partial charge in [-0.2, -0.15) is 0 Å². The van der Waals surface area contributed by atoms with Crippen molar-refractivity contribution in [2.45, 2.75) is 32.2 Å². The van der Waals surface area contributed by atoms with Crippen LogP contribution in [0.4, 0.5) is 8.78 Å². The number of rotatable bonds is 3. The molecule has 0 saturated carbocycles. The van der Waals surface area contributed by atoms with E-state index in [1.165, 1.54) is 6.92 Å². The Kier molecular flexibility index (Phi) is 3.16. The number of nitrogens with two attached hydrogens (primary N) is 1. The number of alkyl halides is 2. The molecule has 0 aromatic carbocycles. The Labute approximate surface area is 82.1 Å². The summed E-state index contributed by atoms with van der Waals surface area (Å²) in [5.74, 6) is 0. The molecule has 1 unspecified atom stereocenters. The van der Waals surface area contributed by atoms with Gasteiger partial charge >= 0.3 is 0 Å². The zero-order chi connectivity index (χ0) is 10.8. The minimum atomic E-state index is -2.52. The van der Waals surface area contributed by atoms with Crippen molar-refractivity contribution in [2.24, 2.45) is 5.73 Å². The fourth-order valence-corrected chi connectivity index (χ4v) is 1.23. The van der Waals surface area contributed by atoms with E-state index in [2.05, 4.69) is 4.98 Å². The normalized spacial score (nSPS) is 15.6. The number of halogens is 2. The summed E-state index contributed by atoms with van der Waals surface area (Å²) in [6.45, 7) is 3.22. The molecule has 0 saturated heterocycles. The SMILES string of the molecule is Cc1cncc(CC(C)(N)C(F)F)c1. The Bertz CT molecular complexity index is 311. The number of aryl methyl sites for hydroxylation is 1. The minimum absolute atomic E-state index is 0.138. The Hall–Kier alpha value is -1.03. The topological polar surface area (TPSA) is 38.9 Å². The Morgan fingerprint density at radius 2 is 2.14 bits per heavy atom. The summed E-state index contributed by atoms with van der Waals surface area (Å²) in [5, 5.41) is 0. The smallest absolute Gasteiger partial charge is 0.256 e. The molecule has 2 nitrogen and oxygen atoms in total. The molecule has 1 rings (SSSR count). The molecule has 0 fully saturated rings. The first kappa shape index (κ1) is 11.0. The lowest BCUT2D eigenvalue weighted by Gasteiger charge is -2.23. The van der Waals surface area contributed by atoms with E-state index in [1.54, 1.807) is 12.4 Å². The molecule has 0 aliphatic carbocycles. The summed E-state index contributed by atoms with van der Waals surface area (Å²) in [6, 6.07) is 1.82. The molecule has 14 heavy (non-hydrogen) atoms. The van der Waals surface area contributed by atoms with Crippen molar-refractivity contribution in [1.82, 2.24) is 4.98 Å². The summed E-state index contributed by atoms with van der Waals surface area (Å²) >= 11 is 0. The van der Waals surface area contributed by atoms with Crippen molar-refractivity contribution in [3.05, 3.63) is 29.6 Å². The van der Waals surface area contributed by atoms with Gasteiger partial charge in [0.25, 0.3) is 6.43 Å². The molecule has 1 heterocycles. The molecule has 78 valence electrons. The first-order valence-electron chi connectivity index (χ1n) is 4.39. The summed E-state index contributed by atoms with van der Waals surface area (Å²) in [5.41, 5.74) is 5.68. The van der Waals surface area contributed by atoms with E-state index in [9.17, 15) is 8.78 Å². The molecule has 1 aromatic rings. The summed E-state index contributed by atoms with van der Waals surface area (Å²) < 4.78 is 24.9. The van der Waals surface area contributed by atoms with Gasteiger partial charge in [0.1, 0.15) is 0 Å². The van der Waals surface area contributed by atoms with E-state index in [0.717, 1.165) is 11.1 Å². The zero-order valence-corrected chi connectivity index (χ0v) is 8.30. The van der Waals surface area contributed by atoms with Crippen LogP contribution in [-0.4, -0.2) is 16.9 Å². The molecule has 1 aromatic heterocycles. The van der Waals surface area contributed by atoms with Crippen LogP contribution >= 0.6 is 0 Å². The second-order valence-electron chi connectivity index (χ2n) is 3.85. The van der Waals surface area contributed by atoms with Crippen LogP contribution in [0, 0.1) is 6.92 Å². The van der Waals surface area contributed by atoms with Gasteiger partial charge in [0.05, 0.1) is 5.54 Å². The molecule has 0 radical (unpaired) electrons. The molecule has 4 heteroatoms. The van der Waals surface area contributed by atoms with Gasteiger partial charge in [-0.3, -0.25) is 4.98 Å². The number of hydrogen-bond acceptors (Lipinski definition) is 2. The van der Waals surface area contributed by atoms with Crippen molar-refractivity contribution >= 4 is 0 Å². The van der Waals surface area contributed by atoms with Gasteiger partial charge in [-0.25, -0.2) is 8.78 Å². The van der Waals surface area contributed by atoms with Crippen molar-refractivity contribution < 1.29 is 8.78 Å². The van der Waals surface area contributed by atoms with Gasteiger partial charge in [-0.1, -0.05) is 6.07 Å². The fourth-order valence-electron chi connectivity index (χ4n) is 1.23. The lowest BCUT2D eigenvalue weighted by molar-refractivity contribution is 0.0639. The third-order valence-corrected chi connectivity index (χ3v) is 2.02. The zero-order valence-electron chi connectivity index (χ0n) is 8.30. The van der Waals surface area contributed by atoms with Crippen LogP contribution in [0.15, 0.2) is 18.5 Å². The number of pyridine rings is 1. The van der Waals surface area contributed by atoms with Gasteiger partial charge in [0, 0.05) is 12.4 Å². The highest BCUT2D eigenvalue weighted by atomic mass is 19.3. The van der Waals surface area contributed by atoms with Gasteiger partial charge in [-0.05, 0) is 31.4 Å². The van der Waals surface area contributed by atoms with Crippen LogP contribution in [0.25, 0.3) is 0 Å². The van der Waals surface area contributed by atoms with Crippen LogP contribution in [-0.2, 0) is 6.42 Å². The lowest BCUT2D eigenvalue weighted by Crippen LogP contribution is -2.45. The molecule has 0 aliphatic rings. The Morgan fingerprint density at radius 3 is 2.64 bits per heavy atom. The maximum Gasteiger partial charge on any atom is 0.256 e. The van der Waals surface area contributed by atoms with Gasteiger partial charge in [-0.15, -0.1) is 0 Å². The van der Waals surface area contributed by atoms with Gasteiger partial charge < -0.3 is 5.73 Å². The van der Waals surface area contributed by atoms with Crippen molar-refractivity contribution in [3.63, 3.8) is 0 Å². The standard InChI is InChI=1S/C10H14F2N2/c1-7-3-8(6-14-5-7)4-10(2,13)9(11)12/h3,5-6,9H,4,13H2,1-2H3. The molecule has 0 bridgehead atoms. The van der Waals surface area contributed by atoms with Crippen molar-refractivity contribution in [2.75, 3.05) is 0 Å². The largest absolute Gasteiger partial charge is 0.320 e. The molecular formula is C10H14F2N2. The van der Waals surface area contributed by atoms with E-state index in [0.29, 0.717) is 0 Å². The summed E-state index contributed by atoms with van der Waals surface area (Å²) in [7, 11) is 0. The lowest BCUT2D eigenvalue weighted by atomic mass is 9.95. The molecular weight excluding hydrogens is 186 g/mol. The molecule has 1 atom stereocenters. The van der Waals surface area contributed by atoms with Crippen LogP contribution in [0.1, 0.15) is 18.1 Å². The van der Waals surface area contributed by atoms with E-state index < -0.39 is 12.0 Å². The Morgan fingerprint density at radius 1 is 1.50 bits per heavy atom. The van der Waals surface area contributed by atoms with Gasteiger partial charge in [0.15, 0.2) is 0 Å². The molecule has 0 amide bonds. The maximum atomic E-state index is 12.5. The van der Waals surface area contributed by atoms with Crippen LogP contribution in [0.5, 0.6) is 0 Å². The average molecular weight is 200 g/mol. The second kappa shape index (κ2) is 4.00. The average Bonchev–Trinajstić information content (AvgIpc) is 2.02. The first-order chi connectivity index (χ1) is 6.42. The maximum absolute atomic E-state index is 12.5. The van der Waals surface area contributed by atoms with Crippen LogP contribution in [0.2, 0.25) is 0 Å². The summed E-state index contributed by atoms with van der Waals surface area (Å²) in [6.07, 6.45) is 0.863. The highest BCUT2D eigenvalue weighted by molar-refractivity contribution is 5.19. The van der Waals surface area contributed by atoms with Crippen molar-refractivity contribution in [3.8, 4) is 0 Å². The van der Waals surface area contributed by atoms with E-state index in [4.69, 9.17) is 5.73 Å². The molecule has 0 spiro atoms. The van der Waals surface area contributed by atoms with E-state index >= 15 is 0 Å². The fraction of sp³-hybridized carbons (Fsp3) is 0.500. The minimum Gasteiger partial charge on any atom is -0.320 e. The predicted octanol–water partition coefficient (Wildman–Crippen LogP) is 1.92. The third-order valence-electron chi connectivity index (χ3n) is 2.02. The number of nitrogens with zero attached hydrogens (tertiary/aromatic N) is 1. The highest BCUT2D eigenvalue weighted by Gasteiger charge is 2.30. The van der Waals surface area contributed by atoms with E-state index in [-0.39, 0.29) is 6.42 Å². The number of aromatic nitrogens is 1. The van der Waals surface area contributed by atoms with Crippen LogP contribution < -0.4 is 5.73 Å². The van der Waals surface area contributed by atoms with Gasteiger partial charge in [0.2, 0.25) is 0 Å².